The molecule has 0 bridgehead atoms. The first kappa shape index (κ1) is 15.3. The zero-order chi connectivity index (χ0) is 14.4. The zero-order valence-corrected chi connectivity index (χ0v) is 12.5. The van der Waals surface area contributed by atoms with Crippen molar-refractivity contribution in [2.45, 2.75) is 32.4 Å². The lowest BCUT2D eigenvalue weighted by Crippen LogP contribution is -2.45. The molecule has 4 heteroatoms. The molecule has 1 fully saturated rings. The summed E-state index contributed by atoms with van der Waals surface area (Å²) in [5, 5.41) is 0. The van der Waals surface area contributed by atoms with E-state index in [1.165, 1.54) is 5.56 Å². The molecule has 1 aliphatic heterocycles. The third kappa shape index (κ3) is 3.95. The lowest BCUT2D eigenvalue weighted by atomic mass is 10.0. The molecule has 0 radical (unpaired) electrons. The van der Waals surface area contributed by atoms with E-state index in [1.807, 2.05) is 12.1 Å². The highest BCUT2D eigenvalue weighted by Gasteiger charge is 2.24. The smallest absolute Gasteiger partial charge is 0.119 e. The topological polar surface area (TPSA) is 47.7 Å². The van der Waals surface area contributed by atoms with E-state index >= 15 is 0 Å². The summed E-state index contributed by atoms with van der Waals surface area (Å²) in [6.07, 6.45) is 1.29. The Morgan fingerprint density at radius 2 is 2.35 bits per heavy atom. The fraction of sp³-hybridized carbons (Fsp3) is 0.625. The summed E-state index contributed by atoms with van der Waals surface area (Å²) in [4.78, 5) is 2.41. The second-order valence-electron chi connectivity index (χ2n) is 5.35. The Labute approximate surface area is 121 Å². The first-order valence-electron chi connectivity index (χ1n) is 7.53. The third-order valence-corrected chi connectivity index (χ3v) is 3.65. The highest BCUT2D eigenvalue weighted by molar-refractivity contribution is 5.31. The molecule has 2 rings (SSSR count). The van der Waals surface area contributed by atoms with Crippen LogP contribution in [-0.4, -0.2) is 43.9 Å². The van der Waals surface area contributed by atoms with Gasteiger partial charge >= 0.3 is 0 Å². The largest absolute Gasteiger partial charge is 0.494 e. The molecule has 20 heavy (non-hydrogen) atoms. The number of nitrogens with zero attached hydrogens (tertiary/aromatic N) is 1. The minimum Gasteiger partial charge on any atom is -0.494 e. The van der Waals surface area contributed by atoms with Crippen LogP contribution in [-0.2, 0) is 4.74 Å². The van der Waals surface area contributed by atoms with E-state index in [9.17, 15) is 0 Å². The lowest BCUT2D eigenvalue weighted by molar-refractivity contribution is -0.0333. The normalized spacial score (nSPS) is 21.6. The molecule has 112 valence electrons. The summed E-state index contributed by atoms with van der Waals surface area (Å²) < 4.78 is 11.3. The van der Waals surface area contributed by atoms with Crippen LogP contribution >= 0.6 is 0 Å². The van der Waals surface area contributed by atoms with Gasteiger partial charge in [0.15, 0.2) is 0 Å². The van der Waals surface area contributed by atoms with Crippen molar-refractivity contribution in [1.29, 1.82) is 0 Å². The van der Waals surface area contributed by atoms with Crippen LogP contribution in [0.15, 0.2) is 24.3 Å². The molecule has 1 saturated heterocycles. The maximum atomic E-state index is 6.01. The summed E-state index contributed by atoms with van der Waals surface area (Å²) in [7, 11) is 0. The molecule has 0 amide bonds. The molecule has 0 spiro atoms. The Morgan fingerprint density at radius 1 is 1.50 bits per heavy atom. The van der Waals surface area contributed by atoms with Crippen molar-refractivity contribution < 1.29 is 9.47 Å². The van der Waals surface area contributed by atoms with Gasteiger partial charge in [-0.15, -0.1) is 0 Å². The Kier molecular flexibility index (Phi) is 5.83. The lowest BCUT2D eigenvalue weighted by Gasteiger charge is -2.37. The van der Waals surface area contributed by atoms with Gasteiger partial charge in [-0.1, -0.05) is 19.1 Å². The van der Waals surface area contributed by atoms with Crippen LogP contribution < -0.4 is 10.5 Å². The molecule has 2 atom stereocenters. The molecule has 1 aromatic carbocycles. The first-order chi connectivity index (χ1) is 9.74. The van der Waals surface area contributed by atoms with Crippen molar-refractivity contribution in [3.05, 3.63) is 29.8 Å². The van der Waals surface area contributed by atoms with Crippen molar-refractivity contribution in [3.8, 4) is 5.75 Å². The number of benzene rings is 1. The predicted octanol–water partition coefficient (Wildman–Crippen LogP) is 2.20. The van der Waals surface area contributed by atoms with E-state index in [2.05, 4.69) is 30.9 Å². The van der Waals surface area contributed by atoms with Crippen molar-refractivity contribution in [2.75, 3.05) is 32.8 Å². The third-order valence-electron chi connectivity index (χ3n) is 3.65. The van der Waals surface area contributed by atoms with Gasteiger partial charge in [0.05, 0.1) is 19.3 Å². The van der Waals surface area contributed by atoms with Crippen LogP contribution in [0.3, 0.4) is 0 Å². The quantitative estimate of drug-likeness (QED) is 0.866. The molecular formula is C16H26N2O2. The van der Waals surface area contributed by atoms with Crippen LogP contribution in [0.25, 0.3) is 0 Å². The van der Waals surface area contributed by atoms with Crippen molar-refractivity contribution in [1.82, 2.24) is 4.90 Å². The maximum Gasteiger partial charge on any atom is 0.119 e. The summed E-state index contributed by atoms with van der Waals surface area (Å²) in [6.45, 7) is 8.25. The van der Waals surface area contributed by atoms with Crippen molar-refractivity contribution in [2.24, 2.45) is 5.73 Å². The van der Waals surface area contributed by atoms with E-state index in [4.69, 9.17) is 15.2 Å². The van der Waals surface area contributed by atoms with Gasteiger partial charge < -0.3 is 15.2 Å². The Balaban J connectivity index is 2.09. The summed E-state index contributed by atoms with van der Waals surface area (Å²) in [5.74, 6) is 0.934. The average molecular weight is 278 g/mol. The number of hydrogen-bond donors (Lipinski definition) is 1. The maximum absolute atomic E-state index is 6.01. The second kappa shape index (κ2) is 7.62. The molecule has 1 aromatic rings. The summed E-state index contributed by atoms with van der Waals surface area (Å²) in [6, 6.07) is 8.55. The van der Waals surface area contributed by atoms with Gasteiger partial charge in [0, 0.05) is 25.7 Å². The number of nitrogens with two attached hydrogens (primary N) is 1. The predicted molar refractivity (Wildman–Crippen MR) is 81.0 cm³/mol. The molecule has 4 nitrogen and oxygen atoms in total. The van der Waals surface area contributed by atoms with Gasteiger partial charge in [0.2, 0.25) is 0 Å². The minimum absolute atomic E-state index is 0.242. The number of hydrogen-bond acceptors (Lipinski definition) is 4. The number of morpholine rings is 1. The van der Waals surface area contributed by atoms with Crippen molar-refractivity contribution in [3.63, 3.8) is 0 Å². The van der Waals surface area contributed by atoms with Crippen LogP contribution in [0.5, 0.6) is 5.75 Å². The monoisotopic (exact) mass is 278 g/mol. The van der Waals surface area contributed by atoms with Crippen molar-refractivity contribution >= 4 is 0 Å². The zero-order valence-electron chi connectivity index (χ0n) is 12.5. The molecule has 2 unspecified atom stereocenters. The molecule has 0 aliphatic carbocycles. The highest BCUT2D eigenvalue weighted by Crippen LogP contribution is 2.25. The molecule has 0 saturated carbocycles. The first-order valence-corrected chi connectivity index (χ1v) is 7.53. The van der Waals surface area contributed by atoms with Gasteiger partial charge in [0.1, 0.15) is 5.75 Å². The average Bonchev–Trinajstić information content (AvgIpc) is 2.46. The molecule has 1 aliphatic rings. The molecular weight excluding hydrogens is 252 g/mol. The van der Waals surface area contributed by atoms with E-state index in [1.54, 1.807) is 0 Å². The second-order valence-corrected chi connectivity index (χ2v) is 5.35. The van der Waals surface area contributed by atoms with Crippen LogP contribution in [0.1, 0.15) is 31.9 Å². The van der Waals surface area contributed by atoms with Gasteiger partial charge in [-0.25, -0.2) is 0 Å². The number of ether oxygens (including phenoxy) is 2. The van der Waals surface area contributed by atoms with Gasteiger partial charge in [-0.2, -0.15) is 0 Å². The Morgan fingerprint density at radius 3 is 3.05 bits per heavy atom. The number of rotatable bonds is 6. The Hall–Kier alpha value is -1.10. The fourth-order valence-electron chi connectivity index (χ4n) is 2.66. The van der Waals surface area contributed by atoms with E-state index in [-0.39, 0.29) is 12.1 Å². The van der Waals surface area contributed by atoms with Crippen LogP contribution in [0.4, 0.5) is 0 Å². The summed E-state index contributed by atoms with van der Waals surface area (Å²) in [5.41, 5.74) is 7.24. The van der Waals surface area contributed by atoms with E-state index in [0.29, 0.717) is 6.54 Å². The van der Waals surface area contributed by atoms with Gasteiger partial charge in [-0.3, -0.25) is 4.90 Å². The molecule has 0 aromatic heterocycles. The van der Waals surface area contributed by atoms with Crippen LogP contribution in [0.2, 0.25) is 0 Å². The highest BCUT2D eigenvalue weighted by atomic mass is 16.5. The fourth-order valence-corrected chi connectivity index (χ4v) is 2.66. The van der Waals surface area contributed by atoms with E-state index in [0.717, 1.165) is 38.5 Å². The van der Waals surface area contributed by atoms with Gasteiger partial charge in [-0.05, 0) is 31.0 Å². The van der Waals surface area contributed by atoms with Crippen LogP contribution in [0, 0.1) is 0 Å². The summed E-state index contributed by atoms with van der Waals surface area (Å²) >= 11 is 0. The standard InChI is InChI=1S/C16H26N2O2/c1-3-8-20-15-6-4-5-14(10-15)16(11-17)18-7-9-19-13(2)12-18/h4-6,10,13,16H,3,7-9,11-12,17H2,1-2H3. The minimum atomic E-state index is 0.242. The Bertz CT molecular complexity index is 411. The van der Waals surface area contributed by atoms with Gasteiger partial charge in [0.25, 0.3) is 0 Å². The van der Waals surface area contributed by atoms with E-state index < -0.39 is 0 Å². The molecule has 1 heterocycles. The molecule has 2 N–H and O–H groups in total. The SMILES string of the molecule is CCCOc1cccc(C(CN)N2CCOC(C)C2)c1.